The second-order valence-electron chi connectivity index (χ2n) is 22.2. The Morgan fingerprint density at radius 2 is 0.549 bits per heavy atom. The van der Waals surface area contributed by atoms with Gasteiger partial charge in [0.1, 0.15) is 25.4 Å². The molecular weight excluding hydrogens is 1190 g/mol. The highest BCUT2D eigenvalue weighted by Crippen LogP contribution is 2.45. The highest BCUT2D eigenvalue weighted by molar-refractivity contribution is 7.47. The van der Waals surface area contributed by atoms with Gasteiger partial charge in [-0.2, -0.15) is 0 Å². The minimum atomic E-state index is -4.94. The number of carbonyl (C=O) groups excluding carboxylic acids is 3. The van der Waals surface area contributed by atoms with Crippen LogP contribution in [0, 0.1) is 0 Å². The summed E-state index contributed by atoms with van der Waals surface area (Å²) >= 11 is 0. The molecule has 18 heteroatoms. The quantitative estimate of drug-likeness (QED) is 0.0146. The van der Waals surface area contributed by atoms with Crippen molar-refractivity contribution in [2.75, 3.05) is 39.6 Å². The average Bonchev–Trinajstić information content (AvgIpc) is 3.02. The fourth-order valence-electron chi connectivity index (χ4n) is 8.42. The maximum Gasteiger partial charge on any atom is 0.472 e. The van der Waals surface area contributed by atoms with E-state index >= 15 is 0 Å². The van der Waals surface area contributed by atoms with Crippen LogP contribution < -0.4 is 0 Å². The third kappa shape index (κ3) is 66.7. The van der Waals surface area contributed by atoms with Gasteiger partial charge in [-0.05, 0) is 135 Å². The number of hydrogen-bond donors (Lipinski definition) is 4. The van der Waals surface area contributed by atoms with Crippen molar-refractivity contribution in [3.63, 3.8) is 0 Å². The van der Waals surface area contributed by atoms with E-state index in [-0.39, 0.29) is 19.3 Å². The van der Waals surface area contributed by atoms with E-state index in [1.165, 1.54) is 0 Å². The number of esters is 3. The zero-order chi connectivity index (χ0) is 66.7. The number of unbranched alkanes of at least 4 members (excludes halogenated alkanes) is 16. The number of carbonyl (C=O) groups is 3. The van der Waals surface area contributed by atoms with E-state index in [1.54, 1.807) is 0 Å². The highest BCUT2D eigenvalue weighted by Gasteiger charge is 2.29. The Morgan fingerprint density at radius 3 is 0.879 bits per heavy atom. The fourth-order valence-corrected chi connectivity index (χ4v) is 10.0. The number of allylic oxidation sites excluding steroid dienone is 24. The Bertz CT molecular complexity index is 2240. The molecule has 0 bridgehead atoms. The summed E-state index contributed by atoms with van der Waals surface area (Å²) in [6.07, 6.45) is 77.5. The first-order chi connectivity index (χ1) is 44.2. The van der Waals surface area contributed by atoms with Crippen molar-refractivity contribution >= 4 is 33.6 Å². The molecule has 0 fully saturated rings. The number of ether oxygens (including phenoxy) is 3. The average molecular weight is 1320 g/mol. The summed E-state index contributed by atoms with van der Waals surface area (Å²) in [6.45, 7) is 2.24. The first-order valence-electron chi connectivity index (χ1n) is 34.1. The van der Waals surface area contributed by atoms with Gasteiger partial charge < -0.3 is 34.2 Å². The summed E-state index contributed by atoms with van der Waals surface area (Å²) in [7, 11) is -9.80. The number of aliphatic hydroxyl groups is 2. The number of rotatable bonds is 63. The van der Waals surface area contributed by atoms with Gasteiger partial charge in [0.25, 0.3) is 0 Å². The number of hydrogen-bond acceptors (Lipinski definition) is 14. The molecule has 5 atom stereocenters. The summed E-state index contributed by atoms with van der Waals surface area (Å²) < 4.78 is 60.9. The third-order valence-electron chi connectivity index (χ3n) is 13.5. The van der Waals surface area contributed by atoms with Gasteiger partial charge in [0, 0.05) is 19.3 Å². The van der Waals surface area contributed by atoms with Crippen molar-refractivity contribution in [1.29, 1.82) is 0 Å². The predicted octanol–water partition coefficient (Wildman–Crippen LogP) is 19.0. The molecule has 0 aromatic rings. The predicted molar refractivity (Wildman–Crippen MR) is 371 cm³/mol. The summed E-state index contributed by atoms with van der Waals surface area (Å²) in [5, 5.41) is 20.5. The Kier molecular flexibility index (Phi) is 62.2. The van der Waals surface area contributed by atoms with Gasteiger partial charge in [-0.25, -0.2) is 9.13 Å². The molecule has 4 N–H and O–H groups in total. The molecule has 5 unspecified atom stereocenters. The van der Waals surface area contributed by atoms with Crippen LogP contribution in [0.5, 0.6) is 0 Å². The molecule has 0 heterocycles. The van der Waals surface area contributed by atoms with Crippen molar-refractivity contribution in [2.45, 2.75) is 257 Å². The molecule has 0 radical (unpaired) electrons. The van der Waals surface area contributed by atoms with Crippen LogP contribution >= 0.6 is 15.6 Å². The second kappa shape index (κ2) is 65.5. The molecule has 0 spiro atoms. The normalized spacial score (nSPS) is 15.1. The van der Waals surface area contributed by atoms with Crippen LogP contribution in [-0.4, -0.2) is 95.9 Å². The lowest BCUT2D eigenvalue weighted by molar-refractivity contribution is -0.161. The van der Waals surface area contributed by atoms with E-state index < -0.39 is 91.5 Å². The lowest BCUT2D eigenvalue weighted by Crippen LogP contribution is -2.30. The lowest BCUT2D eigenvalue weighted by atomic mass is 10.1. The van der Waals surface area contributed by atoms with Crippen LogP contribution in [0.3, 0.4) is 0 Å². The van der Waals surface area contributed by atoms with Crippen molar-refractivity contribution in [1.82, 2.24) is 0 Å². The molecular formula is C73H120O16P2. The molecule has 0 saturated carbocycles. The van der Waals surface area contributed by atoms with Gasteiger partial charge in [-0.1, -0.05) is 231 Å². The smallest absolute Gasteiger partial charge is 0.463 e. The fraction of sp³-hybridized carbons (Fsp3) is 0.630. The van der Waals surface area contributed by atoms with Gasteiger partial charge >= 0.3 is 33.6 Å². The molecule has 0 amide bonds. The Hall–Kier alpha value is -4.57. The molecule has 0 aliphatic rings. The monoisotopic (exact) mass is 1310 g/mol. The molecule has 0 saturated heterocycles. The van der Waals surface area contributed by atoms with E-state index in [0.29, 0.717) is 19.3 Å². The number of phosphoric ester groups is 2. The maximum atomic E-state index is 12.9. The zero-order valence-corrected chi connectivity index (χ0v) is 57.7. The molecule has 0 aliphatic carbocycles. The van der Waals surface area contributed by atoms with E-state index in [2.05, 4.69) is 167 Å². The topological polar surface area (TPSA) is 231 Å². The first-order valence-corrected chi connectivity index (χ1v) is 37.1. The van der Waals surface area contributed by atoms with Crippen LogP contribution in [-0.2, 0) is 55.8 Å². The molecule has 0 aromatic carbocycles. The minimum absolute atomic E-state index is 0.0840. The number of aliphatic hydroxyl groups excluding tert-OH is 2. The zero-order valence-electron chi connectivity index (χ0n) is 56.0. The van der Waals surface area contributed by atoms with Gasteiger partial charge in [-0.3, -0.25) is 32.5 Å². The maximum absolute atomic E-state index is 12.9. The van der Waals surface area contributed by atoms with E-state index in [9.17, 15) is 43.5 Å². The van der Waals surface area contributed by atoms with Crippen LogP contribution in [0.2, 0.25) is 0 Å². The van der Waals surface area contributed by atoms with Gasteiger partial charge in [0.15, 0.2) is 6.10 Å². The Labute approximate surface area is 549 Å². The van der Waals surface area contributed by atoms with Crippen molar-refractivity contribution in [3.05, 3.63) is 146 Å². The van der Waals surface area contributed by atoms with Gasteiger partial charge in [0.05, 0.1) is 26.4 Å². The summed E-state index contributed by atoms with van der Waals surface area (Å²) in [6, 6.07) is 0. The van der Waals surface area contributed by atoms with E-state index in [1.807, 2.05) is 0 Å². The minimum Gasteiger partial charge on any atom is -0.463 e. The van der Waals surface area contributed by atoms with Gasteiger partial charge in [-0.15, -0.1) is 0 Å². The summed E-state index contributed by atoms with van der Waals surface area (Å²) in [5.74, 6) is -1.64. The Balaban J connectivity index is 4.77. The van der Waals surface area contributed by atoms with Crippen LogP contribution in [0.25, 0.3) is 0 Å². The van der Waals surface area contributed by atoms with Crippen molar-refractivity contribution in [3.8, 4) is 0 Å². The van der Waals surface area contributed by atoms with E-state index in [0.717, 1.165) is 180 Å². The summed E-state index contributed by atoms with van der Waals surface area (Å²) in [5.41, 5.74) is 0. The van der Waals surface area contributed by atoms with Crippen LogP contribution in [0.15, 0.2) is 146 Å². The Morgan fingerprint density at radius 1 is 0.308 bits per heavy atom. The lowest BCUT2D eigenvalue weighted by Gasteiger charge is -2.21. The van der Waals surface area contributed by atoms with Crippen LogP contribution in [0.1, 0.15) is 239 Å². The van der Waals surface area contributed by atoms with Gasteiger partial charge in [0.2, 0.25) is 0 Å². The number of phosphoric acid groups is 2. The van der Waals surface area contributed by atoms with E-state index in [4.69, 9.17) is 32.3 Å². The molecule has 0 aliphatic heterocycles. The SMILES string of the molecule is CC/C=C\C/C=C\C/C=C\C/C=C\C/C=C\CCCCCC(=O)OCC(O)COP(=O)(O)OCC(O)COP(=O)(O)OCC(COC(=O)CCCCCCCC/C=C\C/C=C\C/C=C\C/C=C\CC)OC(=O)CCCCCCCCC/C=C\C/C=C\C/C=C\CC. The standard InChI is InChI=1S/C73H120O16P2/c1-4-7-10-13-16-19-22-25-28-31-33-36-38-41-44-47-50-53-56-59-71(76)83-62-68(74)63-85-90(79,80)86-64-69(75)65-87-91(81,82)88-67-70(89-73(78)61-58-55-52-49-46-43-40-35-30-27-24-21-18-15-12-9-6-3)66-84-72(77)60-57-54-51-48-45-42-39-37-34-32-29-26-23-20-17-14-11-8-5-2/h7-12,16-21,25-30,33-34,36-37,41,44,68-70,74-75H,4-6,13-15,22-24,31-32,35,38-40,42-43,45-67H2,1-3H3,(H,79,80)(H,81,82)/b10-7-,11-8-,12-9-,19-16-,20-17-,21-18-,28-25-,29-26-,30-27-,36-33-,37-34-,44-41-. The highest BCUT2D eigenvalue weighted by atomic mass is 31.2. The molecule has 16 nitrogen and oxygen atoms in total. The largest absolute Gasteiger partial charge is 0.472 e. The molecule has 0 aromatic heterocycles. The second-order valence-corrected chi connectivity index (χ2v) is 25.1. The third-order valence-corrected chi connectivity index (χ3v) is 15.4. The van der Waals surface area contributed by atoms with Crippen LogP contribution in [0.4, 0.5) is 0 Å². The summed E-state index contributed by atoms with van der Waals surface area (Å²) in [4.78, 5) is 58.4. The molecule has 518 valence electrons. The van der Waals surface area contributed by atoms with Crippen molar-refractivity contribution in [2.24, 2.45) is 0 Å². The molecule has 0 rings (SSSR count). The first kappa shape index (κ1) is 86.4. The van der Waals surface area contributed by atoms with Crippen molar-refractivity contribution < 1.29 is 75.8 Å². The molecule has 91 heavy (non-hydrogen) atoms.